The maximum Gasteiger partial charge on any atom is 0.123 e. The number of aromatic hydroxyl groups is 2. The van der Waals surface area contributed by atoms with Gasteiger partial charge in [0.25, 0.3) is 0 Å². The van der Waals surface area contributed by atoms with Crippen molar-refractivity contribution in [1.29, 1.82) is 0 Å². The molecule has 0 aliphatic heterocycles. The van der Waals surface area contributed by atoms with Crippen molar-refractivity contribution in [2.75, 3.05) is 0 Å². The van der Waals surface area contributed by atoms with Crippen molar-refractivity contribution >= 4 is 0 Å². The molecule has 0 aromatic heterocycles. The molecule has 3 heteroatoms. The fraction of sp³-hybridized carbons (Fsp3) is 0.579. The lowest BCUT2D eigenvalue weighted by atomic mass is 9.69. The van der Waals surface area contributed by atoms with Gasteiger partial charge in [0.05, 0.1) is 5.60 Å². The van der Waals surface area contributed by atoms with Crippen LogP contribution in [0.15, 0.2) is 23.8 Å². The van der Waals surface area contributed by atoms with E-state index in [9.17, 15) is 15.3 Å². The van der Waals surface area contributed by atoms with E-state index in [4.69, 9.17) is 4.11 Å². The van der Waals surface area contributed by atoms with Crippen LogP contribution in [0.1, 0.15) is 68.0 Å². The summed E-state index contributed by atoms with van der Waals surface area (Å²) in [4.78, 5) is 0. The van der Waals surface area contributed by atoms with Crippen molar-refractivity contribution in [3.05, 3.63) is 34.9 Å². The van der Waals surface area contributed by atoms with E-state index >= 15 is 0 Å². The Kier molecular flexibility index (Phi) is 3.74. The average Bonchev–Trinajstić information content (AvgIpc) is 2.44. The van der Waals surface area contributed by atoms with Gasteiger partial charge in [-0.05, 0) is 63.6 Å². The van der Waals surface area contributed by atoms with Gasteiger partial charge in [-0.1, -0.05) is 25.0 Å². The second-order valence-corrected chi connectivity index (χ2v) is 6.81. The lowest BCUT2D eigenvalue weighted by Gasteiger charge is -2.38. The summed E-state index contributed by atoms with van der Waals surface area (Å²) >= 11 is 0. The van der Waals surface area contributed by atoms with Crippen LogP contribution in [0.25, 0.3) is 0 Å². The van der Waals surface area contributed by atoms with Gasteiger partial charge >= 0.3 is 0 Å². The molecule has 2 rings (SSSR count). The molecule has 0 heterocycles. The van der Waals surface area contributed by atoms with Gasteiger partial charge in [-0.15, -0.1) is 0 Å². The largest absolute Gasteiger partial charge is 0.507 e. The van der Waals surface area contributed by atoms with E-state index in [0.717, 1.165) is 18.4 Å². The predicted octanol–water partition coefficient (Wildman–Crippen LogP) is 4.26. The van der Waals surface area contributed by atoms with E-state index in [1.165, 1.54) is 0 Å². The van der Waals surface area contributed by atoms with E-state index in [-0.39, 0.29) is 17.4 Å². The Labute approximate surface area is 137 Å². The number of allylic oxidation sites excluding steroid dienone is 2. The smallest absolute Gasteiger partial charge is 0.123 e. The molecule has 1 aromatic rings. The van der Waals surface area contributed by atoms with Crippen molar-refractivity contribution < 1.29 is 19.4 Å². The highest BCUT2D eigenvalue weighted by Gasteiger charge is 2.38. The van der Waals surface area contributed by atoms with E-state index in [0.29, 0.717) is 24.0 Å². The SMILES string of the molecule is [2H]C([2H])([2H])C1=C[C@H](c2c(O)cc(CCC)cc2O)C(C(C)(C)O)CC1. The second-order valence-electron chi connectivity index (χ2n) is 6.81. The molecule has 0 saturated carbocycles. The van der Waals surface area contributed by atoms with Gasteiger partial charge in [-0.3, -0.25) is 0 Å². The molecule has 1 aliphatic carbocycles. The summed E-state index contributed by atoms with van der Waals surface area (Å²) in [6, 6.07) is 3.24. The van der Waals surface area contributed by atoms with Crippen molar-refractivity contribution in [1.82, 2.24) is 0 Å². The normalized spacial score (nSPS) is 25.1. The van der Waals surface area contributed by atoms with Crippen molar-refractivity contribution in [2.45, 2.75) is 64.8 Å². The number of aryl methyl sites for hydroxylation is 1. The zero-order valence-corrected chi connectivity index (χ0v) is 13.6. The molecule has 22 heavy (non-hydrogen) atoms. The number of phenolic OH excluding ortho intramolecular Hbond substituents is 2. The van der Waals surface area contributed by atoms with E-state index in [1.807, 2.05) is 6.92 Å². The Morgan fingerprint density at radius 1 is 1.27 bits per heavy atom. The molecule has 0 saturated heterocycles. The van der Waals surface area contributed by atoms with Gasteiger partial charge in [0.2, 0.25) is 0 Å². The lowest BCUT2D eigenvalue weighted by molar-refractivity contribution is 0.00421. The molecule has 0 bridgehead atoms. The summed E-state index contributed by atoms with van der Waals surface area (Å²) in [5.74, 6) is -0.955. The first-order valence-corrected chi connectivity index (χ1v) is 7.93. The molecule has 0 amide bonds. The van der Waals surface area contributed by atoms with Crippen LogP contribution in [0.5, 0.6) is 11.5 Å². The topological polar surface area (TPSA) is 60.7 Å². The first kappa shape index (κ1) is 13.0. The minimum Gasteiger partial charge on any atom is -0.507 e. The maximum atomic E-state index is 10.6. The summed E-state index contributed by atoms with van der Waals surface area (Å²) in [6.07, 6.45) is 4.08. The summed E-state index contributed by atoms with van der Waals surface area (Å²) in [5, 5.41) is 31.6. The second kappa shape index (κ2) is 6.33. The summed E-state index contributed by atoms with van der Waals surface area (Å²) in [6.45, 7) is 3.16. The van der Waals surface area contributed by atoms with Gasteiger partial charge in [-0.2, -0.15) is 0 Å². The van der Waals surface area contributed by atoms with Crippen LogP contribution < -0.4 is 0 Å². The van der Waals surface area contributed by atoms with Gasteiger partial charge in [0.1, 0.15) is 11.5 Å². The summed E-state index contributed by atoms with van der Waals surface area (Å²) in [5.41, 5.74) is 0.377. The first-order chi connectivity index (χ1) is 11.4. The van der Waals surface area contributed by atoms with Crippen LogP contribution in [-0.2, 0) is 6.42 Å². The van der Waals surface area contributed by atoms with Crippen molar-refractivity contribution in [2.24, 2.45) is 5.92 Å². The quantitative estimate of drug-likeness (QED) is 0.728. The summed E-state index contributed by atoms with van der Waals surface area (Å²) in [7, 11) is 0. The number of hydrogen-bond acceptors (Lipinski definition) is 3. The number of phenols is 2. The maximum absolute atomic E-state index is 10.6. The molecule has 0 radical (unpaired) electrons. The number of hydrogen-bond donors (Lipinski definition) is 3. The fourth-order valence-corrected chi connectivity index (χ4v) is 3.44. The molecular formula is C19H28O3. The van der Waals surface area contributed by atoms with E-state index in [1.54, 1.807) is 32.1 Å². The Morgan fingerprint density at radius 3 is 2.41 bits per heavy atom. The third-order valence-electron chi connectivity index (χ3n) is 4.51. The van der Waals surface area contributed by atoms with Crippen LogP contribution in [0.4, 0.5) is 0 Å². The van der Waals surface area contributed by atoms with Gasteiger partial charge < -0.3 is 15.3 Å². The Bertz CT molecular complexity index is 634. The number of rotatable bonds is 4. The molecule has 1 unspecified atom stereocenters. The van der Waals surface area contributed by atoms with Crippen LogP contribution in [0, 0.1) is 5.92 Å². The molecule has 0 fully saturated rings. The Balaban J connectivity index is 2.57. The van der Waals surface area contributed by atoms with Gasteiger partial charge in [0, 0.05) is 15.6 Å². The molecule has 1 aliphatic rings. The number of aliphatic hydroxyl groups is 1. The molecule has 3 N–H and O–H groups in total. The highest BCUT2D eigenvalue weighted by molar-refractivity contribution is 5.51. The van der Waals surface area contributed by atoms with Crippen LogP contribution >= 0.6 is 0 Å². The third-order valence-corrected chi connectivity index (χ3v) is 4.51. The van der Waals surface area contributed by atoms with Gasteiger partial charge in [-0.25, -0.2) is 0 Å². The molecule has 1 aromatic carbocycles. The Hall–Kier alpha value is -1.48. The first-order valence-electron chi connectivity index (χ1n) is 9.43. The minimum atomic E-state index is -2.21. The fourth-order valence-electron chi connectivity index (χ4n) is 3.44. The molecule has 2 atom stereocenters. The summed E-state index contributed by atoms with van der Waals surface area (Å²) < 4.78 is 23.0. The molecular weight excluding hydrogens is 276 g/mol. The van der Waals surface area contributed by atoms with Crippen molar-refractivity contribution in [3.63, 3.8) is 0 Å². The monoisotopic (exact) mass is 307 g/mol. The van der Waals surface area contributed by atoms with Crippen LogP contribution in [0.2, 0.25) is 0 Å². The Morgan fingerprint density at radius 2 is 1.91 bits per heavy atom. The highest BCUT2D eigenvalue weighted by Crippen LogP contribution is 2.47. The van der Waals surface area contributed by atoms with E-state index < -0.39 is 18.4 Å². The standard InChI is InChI=1S/C19H28O3/c1-5-6-13-10-16(20)18(17(21)11-13)14-9-12(2)7-8-15(14)19(3,4)22/h9-11,14-15,20-22H,5-8H2,1-4H3/t14-,15?/m0/s1/i2D3. The molecule has 3 nitrogen and oxygen atoms in total. The van der Waals surface area contributed by atoms with Gasteiger partial charge in [0.15, 0.2) is 0 Å². The van der Waals surface area contributed by atoms with Crippen molar-refractivity contribution in [3.8, 4) is 11.5 Å². The van der Waals surface area contributed by atoms with E-state index in [2.05, 4.69) is 0 Å². The zero-order valence-electron chi connectivity index (χ0n) is 16.6. The number of benzene rings is 1. The minimum absolute atomic E-state index is 0.0502. The highest BCUT2D eigenvalue weighted by atomic mass is 16.3. The van der Waals surface area contributed by atoms with Crippen LogP contribution in [0.3, 0.4) is 0 Å². The van der Waals surface area contributed by atoms with Crippen LogP contribution in [-0.4, -0.2) is 20.9 Å². The lowest BCUT2D eigenvalue weighted by Crippen LogP contribution is -2.36. The molecule has 0 spiro atoms. The average molecular weight is 307 g/mol. The third kappa shape index (κ3) is 3.46. The zero-order chi connectivity index (χ0) is 19.0. The molecule has 122 valence electrons. The predicted molar refractivity (Wildman–Crippen MR) is 89.3 cm³/mol.